The van der Waals surface area contributed by atoms with Gasteiger partial charge in [0.25, 0.3) is 0 Å². The van der Waals surface area contributed by atoms with E-state index < -0.39 is 12.0 Å². The molecule has 4 aromatic heterocycles. The van der Waals surface area contributed by atoms with Crippen LogP contribution < -0.4 is 15.4 Å². The largest absolute Gasteiger partial charge is 0.490 e. The van der Waals surface area contributed by atoms with Crippen molar-refractivity contribution in [3.8, 4) is 5.75 Å². The number of ether oxygens (including phenoxy) is 1. The van der Waals surface area contributed by atoms with Gasteiger partial charge < -0.3 is 20.5 Å². The Hall–Kier alpha value is -4.32. The lowest BCUT2D eigenvalue weighted by Gasteiger charge is -2.25. The molecule has 0 aliphatic carbocycles. The average Bonchev–Trinajstić information content (AvgIpc) is 3.38. The number of anilines is 2. The summed E-state index contributed by atoms with van der Waals surface area (Å²) in [6, 6.07) is 7.30. The number of unbranched alkanes of at least 4 members (excludes halogenated alkanes) is 1. The molecule has 0 bridgehead atoms. The smallest absolute Gasteiger partial charge is 0.326 e. The van der Waals surface area contributed by atoms with Crippen molar-refractivity contribution in [2.24, 2.45) is 7.05 Å². The van der Waals surface area contributed by atoms with Crippen molar-refractivity contribution in [2.45, 2.75) is 51.5 Å². The number of rotatable bonds is 15. The molecule has 222 valence electrons. The highest BCUT2D eigenvalue weighted by atomic mass is 16.5. The van der Waals surface area contributed by atoms with Gasteiger partial charge >= 0.3 is 5.97 Å². The maximum absolute atomic E-state index is 12.2. The van der Waals surface area contributed by atoms with E-state index in [4.69, 9.17) is 9.72 Å². The van der Waals surface area contributed by atoms with Crippen molar-refractivity contribution >= 4 is 28.6 Å². The minimum absolute atomic E-state index is 0.394. The van der Waals surface area contributed by atoms with Crippen LogP contribution in [0.15, 0.2) is 43.0 Å². The molecule has 12 heteroatoms. The summed E-state index contributed by atoms with van der Waals surface area (Å²) >= 11 is 0. The number of aromatic nitrogens is 6. The normalized spacial score (nSPS) is 13.5. The lowest BCUT2D eigenvalue weighted by atomic mass is 10.1. The van der Waals surface area contributed by atoms with Crippen molar-refractivity contribution in [3.05, 3.63) is 59.9 Å². The van der Waals surface area contributed by atoms with E-state index in [9.17, 15) is 9.90 Å². The summed E-state index contributed by atoms with van der Waals surface area (Å²) < 4.78 is 7.66. The van der Waals surface area contributed by atoms with Crippen LogP contribution in [0, 0.1) is 6.92 Å². The van der Waals surface area contributed by atoms with Crippen molar-refractivity contribution in [1.82, 2.24) is 34.6 Å². The molecule has 1 aliphatic heterocycles. The average molecular weight is 574 g/mol. The van der Waals surface area contributed by atoms with Gasteiger partial charge in [-0.15, -0.1) is 0 Å². The summed E-state index contributed by atoms with van der Waals surface area (Å²) in [6.07, 6.45) is 10.3. The van der Waals surface area contributed by atoms with E-state index in [2.05, 4.69) is 47.7 Å². The molecule has 1 aliphatic rings. The summed E-state index contributed by atoms with van der Waals surface area (Å²) in [7, 11) is 1.79. The number of carboxylic acids is 1. The van der Waals surface area contributed by atoms with E-state index in [1.807, 2.05) is 19.1 Å². The van der Waals surface area contributed by atoms with Crippen LogP contribution in [-0.2, 0) is 24.7 Å². The number of hydrogen-bond acceptors (Lipinski definition) is 10. The predicted octanol–water partition coefficient (Wildman–Crippen LogP) is 3.48. The zero-order valence-corrected chi connectivity index (χ0v) is 24.3. The Kier molecular flexibility index (Phi) is 9.75. The molecule has 0 saturated carbocycles. The Morgan fingerprint density at radius 3 is 2.95 bits per heavy atom. The second kappa shape index (κ2) is 14.0. The van der Waals surface area contributed by atoms with Crippen LogP contribution in [0.1, 0.15) is 42.6 Å². The Labute approximate surface area is 245 Å². The molecule has 0 fully saturated rings. The molecule has 42 heavy (non-hydrogen) atoms. The van der Waals surface area contributed by atoms with Gasteiger partial charge in [0.15, 0.2) is 5.65 Å². The molecule has 1 atom stereocenters. The molecule has 0 spiro atoms. The molecule has 0 saturated heterocycles. The first-order valence-corrected chi connectivity index (χ1v) is 14.6. The number of hydrogen-bond donors (Lipinski definition) is 3. The summed E-state index contributed by atoms with van der Waals surface area (Å²) in [4.78, 5) is 32.1. The highest BCUT2D eigenvalue weighted by Gasteiger charge is 2.21. The van der Waals surface area contributed by atoms with Crippen LogP contribution >= 0.6 is 0 Å². The number of fused-ring (bicyclic) bond motifs is 2. The second-order valence-corrected chi connectivity index (χ2v) is 10.6. The summed E-state index contributed by atoms with van der Waals surface area (Å²) in [5.74, 6) is 1.33. The van der Waals surface area contributed by atoms with Crippen LogP contribution in [0.2, 0.25) is 0 Å². The molecule has 0 unspecified atom stereocenters. The van der Waals surface area contributed by atoms with E-state index in [0.29, 0.717) is 43.0 Å². The number of aliphatic carboxylic acids is 1. The SMILES string of the molecule is Cc1ncccc1OCCN(CCCCc1ccc2c(n1)NCCC2)CC[C@H](Nc1ncnc2c1cnn2C)C(=O)O. The summed E-state index contributed by atoms with van der Waals surface area (Å²) in [5, 5.41) is 21.5. The van der Waals surface area contributed by atoms with Crippen LogP contribution in [0.4, 0.5) is 11.6 Å². The van der Waals surface area contributed by atoms with Crippen molar-refractivity contribution in [2.75, 3.05) is 43.4 Å². The highest BCUT2D eigenvalue weighted by Crippen LogP contribution is 2.21. The number of nitrogens with zero attached hydrogens (tertiary/aromatic N) is 7. The lowest BCUT2D eigenvalue weighted by molar-refractivity contribution is -0.138. The van der Waals surface area contributed by atoms with Gasteiger partial charge in [0, 0.05) is 38.6 Å². The minimum Gasteiger partial charge on any atom is -0.490 e. The molecule has 5 heterocycles. The van der Waals surface area contributed by atoms with Gasteiger partial charge in [-0.25, -0.2) is 19.7 Å². The van der Waals surface area contributed by atoms with Crippen molar-refractivity contribution in [3.63, 3.8) is 0 Å². The Bertz CT molecular complexity index is 1490. The fourth-order valence-corrected chi connectivity index (χ4v) is 5.20. The second-order valence-electron chi connectivity index (χ2n) is 10.6. The molecule has 5 rings (SSSR count). The fourth-order valence-electron chi connectivity index (χ4n) is 5.20. The quantitative estimate of drug-likeness (QED) is 0.180. The van der Waals surface area contributed by atoms with Gasteiger partial charge in [-0.1, -0.05) is 6.07 Å². The van der Waals surface area contributed by atoms with Gasteiger partial charge in [-0.2, -0.15) is 5.10 Å². The molecule has 3 N–H and O–H groups in total. The maximum Gasteiger partial charge on any atom is 0.326 e. The fraction of sp³-hybridized carbons (Fsp3) is 0.467. The Balaban J connectivity index is 1.18. The number of pyridine rings is 2. The standard InChI is InChI=1S/C30H39N9O3/c1-21-26(9-6-13-31-21)42-18-17-39(15-4-3-8-23-11-10-22-7-5-14-32-27(22)36-23)16-12-25(30(40)41)37-28-24-19-35-38(2)29(24)34-20-33-28/h6,9-11,13,19-20,25H,3-5,7-8,12,14-18H2,1-2H3,(H,32,36)(H,40,41)(H,33,34,37)/t25-/m0/s1. The molecule has 4 aromatic rings. The summed E-state index contributed by atoms with van der Waals surface area (Å²) in [6.45, 7) is 5.47. The van der Waals surface area contributed by atoms with Gasteiger partial charge in [0.2, 0.25) is 0 Å². The van der Waals surface area contributed by atoms with E-state index in [1.165, 1.54) is 11.9 Å². The van der Waals surface area contributed by atoms with Crippen LogP contribution in [0.5, 0.6) is 5.75 Å². The van der Waals surface area contributed by atoms with E-state index in [1.54, 1.807) is 24.1 Å². The molecule has 0 radical (unpaired) electrons. The lowest BCUT2D eigenvalue weighted by Crippen LogP contribution is -2.37. The number of nitrogens with one attached hydrogen (secondary N) is 2. The van der Waals surface area contributed by atoms with Crippen molar-refractivity contribution < 1.29 is 14.6 Å². The minimum atomic E-state index is -0.931. The van der Waals surface area contributed by atoms with Crippen LogP contribution in [0.3, 0.4) is 0 Å². The predicted molar refractivity (Wildman–Crippen MR) is 161 cm³/mol. The third-order valence-electron chi connectivity index (χ3n) is 7.61. The van der Waals surface area contributed by atoms with Crippen LogP contribution in [0.25, 0.3) is 11.0 Å². The van der Waals surface area contributed by atoms with Crippen molar-refractivity contribution in [1.29, 1.82) is 0 Å². The number of carboxylic acid groups (broad SMARTS) is 1. The van der Waals surface area contributed by atoms with E-state index >= 15 is 0 Å². The number of aryl methyl sites for hydroxylation is 4. The third-order valence-corrected chi connectivity index (χ3v) is 7.61. The molecular weight excluding hydrogens is 534 g/mol. The maximum atomic E-state index is 12.2. The first-order chi connectivity index (χ1) is 20.5. The summed E-state index contributed by atoms with van der Waals surface area (Å²) in [5.41, 5.74) is 3.89. The Morgan fingerprint density at radius 2 is 2.10 bits per heavy atom. The molecule has 12 nitrogen and oxygen atoms in total. The first-order valence-electron chi connectivity index (χ1n) is 14.6. The first kappa shape index (κ1) is 29.2. The monoisotopic (exact) mass is 573 g/mol. The van der Waals surface area contributed by atoms with Gasteiger partial charge in [0.05, 0.1) is 17.3 Å². The third kappa shape index (κ3) is 7.49. The molecular formula is C30H39N9O3. The van der Waals surface area contributed by atoms with E-state index in [-0.39, 0.29) is 0 Å². The van der Waals surface area contributed by atoms with E-state index in [0.717, 1.165) is 68.1 Å². The molecule has 0 amide bonds. The topological polar surface area (TPSA) is 143 Å². The van der Waals surface area contributed by atoms with Gasteiger partial charge in [0.1, 0.15) is 36.4 Å². The zero-order valence-electron chi connectivity index (χ0n) is 24.3. The number of carbonyl (C=O) groups is 1. The van der Waals surface area contributed by atoms with Gasteiger partial charge in [-0.05, 0) is 75.8 Å². The Morgan fingerprint density at radius 1 is 1.19 bits per heavy atom. The van der Waals surface area contributed by atoms with Gasteiger partial charge in [-0.3, -0.25) is 14.6 Å². The highest BCUT2D eigenvalue weighted by molar-refractivity contribution is 5.88. The zero-order chi connectivity index (χ0) is 29.3. The molecule has 0 aromatic carbocycles. The van der Waals surface area contributed by atoms with Crippen LogP contribution in [-0.4, -0.2) is 84.5 Å².